The summed E-state index contributed by atoms with van der Waals surface area (Å²) in [5.74, 6) is 1.21. The summed E-state index contributed by atoms with van der Waals surface area (Å²) < 4.78 is 13.5. The van der Waals surface area contributed by atoms with Crippen LogP contribution in [0.25, 0.3) is 22.5 Å². The Morgan fingerprint density at radius 3 is 2.68 bits per heavy atom. The summed E-state index contributed by atoms with van der Waals surface area (Å²) in [5, 5.41) is 0. The molecule has 4 aromatic rings. The topological polar surface area (TPSA) is 44.8 Å². The Hall–Kier alpha value is -3.31. The number of hydrogen-bond donors (Lipinski definition) is 1. The molecule has 1 N–H and O–H groups in total. The van der Waals surface area contributed by atoms with Gasteiger partial charge in [0.05, 0.1) is 11.4 Å². The first-order valence-corrected chi connectivity index (χ1v) is 10.7. The Bertz CT molecular complexity index is 1170. The summed E-state index contributed by atoms with van der Waals surface area (Å²) in [6.07, 6.45) is 2.93. The molecule has 2 aromatic heterocycles. The number of hydrogen-bond acceptors (Lipinski definition) is 3. The molecule has 0 bridgehead atoms. The number of imidazole rings is 1. The van der Waals surface area contributed by atoms with E-state index in [4.69, 9.17) is 4.98 Å². The van der Waals surface area contributed by atoms with Crippen LogP contribution in [-0.4, -0.2) is 32.9 Å². The van der Waals surface area contributed by atoms with Crippen LogP contribution in [0.1, 0.15) is 29.4 Å². The molecule has 1 aliphatic heterocycles. The highest BCUT2D eigenvalue weighted by Crippen LogP contribution is 2.30. The normalized spacial score (nSPS) is 16.6. The fraction of sp³-hybridized carbons (Fsp3) is 0.231. The summed E-state index contributed by atoms with van der Waals surface area (Å²) in [5.41, 5.74) is 5.84. The molecule has 0 amide bonds. The number of aryl methyl sites for hydroxylation is 1. The fourth-order valence-electron chi connectivity index (χ4n) is 4.35. The van der Waals surface area contributed by atoms with Gasteiger partial charge in [0.25, 0.3) is 0 Å². The van der Waals surface area contributed by atoms with Gasteiger partial charge in [0.1, 0.15) is 11.6 Å². The quantitative estimate of drug-likeness (QED) is 0.466. The Morgan fingerprint density at radius 1 is 1.03 bits per heavy atom. The van der Waals surface area contributed by atoms with Crippen LogP contribution in [0.4, 0.5) is 4.39 Å². The molecule has 2 aromatic carbocycles. The lowest BCUT2D eigenvalue weighted by Gasteiger charge is -2.15. The van der Waals surface area contributed by atoms with E-state index in [1.807, 2.05) is 24.4 Å². The highest BCUT2D eigenvalue weighted by atomic mass is 19.1. The number of H-pyrrole nitrogens is 1. The third-order valence-corrected chi connectivity index (χ3v) is 5.97. The molecule has 4 nitrogen and oxygen atoms in total. The lowest BCUT2D eigenvalue weighted by Crippen LogP contribution is -2.19. The van der Waals surface area contributed by atoms with Crippen molar-refractivity contribution >= 4 is 0 Å². The van der Waals surface area contributed by atoms with Crippen molar-refractivity contribution in [3.8, 4) is 22.5 Å². The number of halogens is 1. The van der Waals surface area contributed by atoms with Gasteiger partial charge in [-0.05, 0) is 49.7 Å². The highest BCUT2D eigenvalue weighted by Gasteiger charge is 2.27. The van der Waals surface area contributed by atoms with Crippen LogP contribution in [0.15, 0.2) is 72.9 Å². The third-order valence-electron chi connectivity index (χ3n) is 5.97. The lowest BCUT2D eigenvalue weighted by atomic mass is 10.1. The van der Waals surface area contributed by atoms with Gasteiger partial charge in [0.2, 0.25) is 0 Å². The minimum Gasteiger partial charge on any atom is -0.345 e. The van der Waals surface area contributed by atoms with Crippen molar-refractivity contribution in [1.29, 1.82) is 0 Å². The number of nitrogens with one attached hydrogen (secondary N) is 1. The van der Waals surface area contributed by atoms with Crippen molar-refractivity contribution in [1.82, 2.24) is 19.9 Å². The molecule has 0 unspecified atom stereocenters. The molecule has 0 radical (unpaired) electrons. The van der Waals surface area contributed by atoms with E-state index in [9.17, 15) is 4.39 Å². The number of rotatable bonds is 5. The van der Waals surface area contributed by atoms with Gasteiger partial charge < -0.3 is 4.98 Å². The first-order valence-electron chi connectivity index (χ1n) is 10.7. The molecule has 31 heavy (non-hydrogen) atoms. The number of likely N-dealkylation sites (tertiary alicyclic amines) is 1. The van der Waals surface area contributed by atoms with Crippen molar-refractivity contribution in [3.05, 3.63) is 95.8 Å². The van der Waals surface area contributed by atoms with Crippen LogP contribution in [0.2, 0.25) is 0 Å². The molecule has 1 fully saturated rings. The van der Waals surface area contributed by atoms with Gasteiger partial charge in [-0.1, -0.05) is 42.5 Å². The molecule has 0 spiro atoms. The predicted molar refractivity (Wildman–Crippen MR) is 121 cm³/mol. The number of pyridine rings is 1. The third kappa shape index (κ3) is 4.28. The van der Waals surface area contributed by atoms with Gasteiger partial charge in [0, 0.05) is 42.0 Å². The molecule has 1 saturated heterocycles. The van der Waals surface area contributed by atoms with E-state index in [0.717, 1.165) is 60.1 Å². The van der Waals surface area contributed by atoms with Gasteiger partial charge in [-0.2, -0.15) is 0 Å². The largest absolute Gasteiger partial charge is 0.345 e. The first kappa shape index (κ1) is 19.6. The Morgan fingerprint density at radius 2 is 1.90 bits per heavy atom. The van der Waals surface area contributed by atoms with E-state index in [1.165, 1.54) is 17.7 Å². The summed E-state index contributed by atoms with van der Waals surface area (Å²) in [6, 6.07) is 21.1. The van der Waals surface area contributed by atoms with E-state index in [0.29, 0.717) is 5.92 Å². The molecule has 156 valence electrons. The van der Waals surface area contributed by atoms with Crippen LogP contribution < -0.4 is 0 Å². The van der Waals surface area contributed by atoms with Gasteiger partial charge in [0.15, 0.2) is 0 Å². The zero-order valence-electron chi connectivity index (χ0n) is 17.6. The first-order chi connectivity index (χ1) is 15.2. The van der Waals surface area contributed by atoms with Crippen LogP contribution in [-0.2, 0) is 6.54 Å². The molecule has 3 heterocycles. The van der Waals surface area contributed by atoms with E-state index in [2.05, 4.69) is 52.1 Å². The maximum absolute atomic E-state index is 13.5. The molecular weight excluding hydrogens is 387 g/mol. The number of aromatic nitrogens is 3. The minimum absolute atomic E-state index is 0.256. The van der Waals surface area contributed by atoms with Crippen molar-refractivity contribution in [2.45, 2.75) is 25.8 Å². The Kier molecular flexibility index (Phi) is 5.35. The zero-order valence-corrected chi connectivity index (χ0v) is 17.6. The van der Waals surface area contributed by atoms with E-state index < -0.39 is 0 Å². The molecule has 1 aliphatic rings. The molecular formula is C26H25FN4. The second kappa shape index (κ2) is 8.44. The minimum atomic E-state index is -0.256. The monoisotopic (exact) mass is 412 g/mol. The maximum Gasteiger partial charge on any atom is 0.123 e. The number of aromatic amines is 1. The van der Waals surface area contributed by atoms with E-state index in [1.54, 1.807) is 6.07 Å². The second-order valence-electron chi connectivity index (χ2n) is 8.24. The summed E-state index contributed by atoms with van der Waals surface area (Å²) >= 11 is 0. The number of nitrogens with zero attached hydrogens (tertiary/aromatic N) is 3. The average molecular weight is 413 g/mol. The fourth-order valence-corrected chi connectivity index (χ4v) is 4.35. The number of benzene rings is 2. The standard InChI is InChI=1S/C26H25FN4/c1-18-25(21-10-11-24(28-15-21)20-8-5-9-23(27)14-20)30-26(29-18)22-12-13-31(17-22)16-19-6-3-2-4-7-19/h2-11,14-15,22H,12-13,16-17H2,1H3,(H,29,30)/t22-/m1/s1. The molecule has 5 heteroatoms. The van der Waals surface area contributed by atoms with Crippen LogP contribution in [0.5, 0.6) is 0 Å². The smallest absolute Gasteiger partial charge is 0.123 e. The van der Waals surface area contributed by atoms with Crippen LogP contribution in [0.3, 0.4) is 0 Å². The van der Waals surface area contributed by atoms with Gasteiger partial charge in [-0.15, -0.1) is 0 Å². The van der Waals surface area contributed by atoms with Crippen LogP contribution in [0, 0.1) is 12.7 Å². The van der Waals surface area contributed by atoms with E-state index >= 15 is 0 Å². The Labute approximate surface area is 181 Å². The maximum atomic E-state index is 13.5. The molecule has 1 atom stereocenters. The lowest BCUT2D eigenvalue weighted by molar-refractivity contribution is 0.326. The van der Waals surface area contributed by atoms with Crippen molar-refractivity contribution < 1.29 is 4.39 Å². The van der Waals surface area contributed by atoms with Gasteiger partial charge >= 0.3 is 0 Å². The van der Waals surface area contributed by atoms with Crippen molar-refractivity contribution in [2.75, 3.05) is 13.1 Å². The zero-order chi connectivity index (χ0) is 21.2. The average Bonchev–Trinajstić information content (AvgIpc) is 3.41. The molecule has 0 aliphatic carbocycles. The summed E-state index contributed by atoms with van der Waals surface area (Å²) in [6.45, 7) is 5.13. The van der Waals surface area contributed by atoms with Crippen molar-refractivity contribution in [2.24, 2.45) is 0 Å². The Balaban J connectivity index is 1.31. The van der Waals surface area contributed by atoms with Gasteiger partial charge in [-0.3, -0.25) is 9.88 Å². The van der Waals surface area contributed by atoms with Gasteiger partial charge in [-0.25, -0.2) is 9.37 Å². The summed E-state index contributed by atoms with van der Waals surface area (Å²) in [7, 11) is 0. The SMILES string of the molecule is Cc1[nH]c([C@@H]2CCN(Cc3ccccc3)C2)nc1-c1ccc(-c2cccc(F)c2)nc1. The molecule has 5 rings (SSSR count). The predicted octanol–water partition coefficient (Wildman–Crippen LogP) is 5.58. The molecule has 0 saturated carbocycles. The van der Waals surface area contributed by atoms with Crippen molar-refractivity contribution in [3.63, 3.8) is 0 Å². The van der Waals surface area contributed by atoms with E-state index in [-0.39, 0.29) is 5.82 Å². The second-order valence-corrected chi connectivity index (χ2v) is 8.24. The van der Waals surface area contributed by atoms with Crippen LogP contribution >= 0.6 is 0 Å². The highest BCUT2D eigenvalue weighted by molar-refractivity contribution is 5.66. The summed E-state index contributed by atoms with van der Waals surface area (Å²) in [4.78, 5) is 15.5.